The Hall–Kier alpha value is -1.57. The average Bonchev–Trinajstić information content (AvgIpc) is 2.46. The third kappa shape index (κ3) is 12.5. The van der Waals surface area contributed by atoms with Crippen molar-refractivity contribution in [2.24, 2.45) is 0 Å². The fourth-order valence-electron chi connectivity index (χ4n) is 0.707. The molecule has 2 nitrogen and oxygen atoms in total. The van der Waals surface area contributed by atoms with E-state index in [1.807, 2.05) is 27.7 Å². The summed E-state index contributed by atoms with van der Waals surface area (Å²) in [5, 5.41) is 0. The third-order valence-electron chi connectivity index (χ3n) is 1.72. The van der Waals surface area contributed by atoms with E-state index in [9.17, 15) is 4.79 Å². The van der Waals surface area contributed by atoms with Crippen molar-refractivity contribution in [1.82, 2.24) is 0 Å². The summed E-state index contributed by atoms with van der Waals surface area (Å²) in [6, 6.07) is 0. The van der Waals surface area contributed by atoms with Crippen LogP contribution in [0, 0.1) is 0 Å². The summed E-state index contributed by atoms with van der Waals surface area (Å²) < 4.78 is 5.01. The van der Waals surface area contributed by atoms with Crippen LogP contribution < -0.4 is 0 Å². The highest BCUT2D eigenvalue weighted by Gasteiger charge is 2.04. The van der Waals surface area contributed by atoms with Crippen LogP contribution in [0.3, 0.4) is 0 Å². The van der Waals surface area contributed by atoms with Crippen molar-refractivity contribution in [3.63, 3.8) is 0 Å². The molecule has 0 atom stereocenters. The smallest absolute Gasteiger partial charge is 0.333 e. The highest BCUT2D eigenvalue weighted by Crippen LogP contribution is 2.01. The number of carbonyl (C=O) groups is 1. The van der Waals surface area contributed by atoms with E-state index in [4.69, 9.17) is 4.74 Å². The van der Waals surface area contributed by atoms with Gasteiger partial charge in [-0.25, -0.2) is 4.79 Å². The molecule has 0 amide bonds. The largest absolute Gasteiger partial charge is 0.457 e. The van der Waals surface area contributed by atoms with Gasteiger partial charge in [-0.2, -0.15) is 0 Å². The molecule has 0 spiro atoms. The molecule has 0 saturated carbocycles. The molecule has 0 radical (unpaired) electrons. The quantitative estimate of drug-likeness (QED) is 0.397. The van der Waals surface area contributed by atoms with Gasteiger partial charge in [-0.15, -0.1) is 0 Å². The van der Waals surface area contributed by atoms with Crippen LogP contribution in [0.4, 0.5) is 0 Å². The molecule has 104 valence electrons. The van der Waals surface area contributed by atoms with E-state index in [1.54, 1.807) is 38.2 Å². The average molecular weight is 252 g/mol. The monoisotopic (exact) mass is 252 g/mol. The Kier molecular flexibility index (Phi) is 21.5. The number of esters is 1. The molecule has 0 rings (SSSR count). The van der Waals surface area contributed by atoms with Gasteiger partial charge in [0.1, 0.15) is 6.61 Å². The van der Waals surface area contributed by atoms with Crippen LogP contribution >= 0.6 is 0 Å². The van der Waals surface area contributed by atoms with Gasteiger partial charge in [0.25, 0.3) is 0 Å². The van der Waals surface area contributed by atoms with E-state index in [-0.39, 0.29) is 12.6 Å². The standard InChI is InChI=1S/C12H16O2.2C2H6/c1-5-8-11(7-3)9-14-12(13)10(4)6-2;2*1-2/h5-8H,1,3,9H2,2,4H3;2*1-2H3/b10-6+,11-8+;;. The molecule has 0 fully saturated rings. The number of rotatable bonds is 5. The van der Waals surface area contributed by atoms with Crippen LogP contribution in [0.15, 0.2) is 48.6 Å². The molecule has 0 aromatic heterocycles. The molecule has 0 aliphatic rings. The minimum absolute atomic E-state index is 0.236. The van der Waals surface area contributed by atoms with Crippen molar-refractivity contribution in [1.29, 1.82) is 0 Å². The zero-order valence-corrected chi connectivity index (χ0v) is 12.7. The molecule has 0 unspecified atom stereocenters. The predicted molar refractivity (Wildman–Crippen MR) is 81.6 cm³/mol. The first-order valence-electron chi connectivity index (χ1n) is 6.39. The normalized spacial score (nSPS) is 10.1. The van der Waals surface area contributed by atoms with Gasteiger partial charge in [0.15, 0.2) is 0 Å². The first kappa shape index (κ1) is 21.7. The molecule has 0 heterocycles. The van der Waals surface area contributed by atoms with Gasteiger partial charge in [-0.05, 0) is 19.4 Å². The molecular weight excluding hydrogens is 224 g/mol. The molecular formula is C16H28O2. The van der Waals surface area contributed by atoms with E-state index >= 15 is 0 Å². The highest BCUT2D eigenvalue weighted by molar-refractivity contribution is 5.87. The Balaban J connectivity index is -0.000000506. The van der Waals surface area contributed by atoms with E-state index in [2.05, 4.69) is 13.2 Å². The van der Waals surface area contributed by atoms with Crippen molar-refractivity contribution in [2.45, 2.75) is 41.5 Å². The van der Waals surface area contributed by atoms with Crippen LogP contribution in [0.2, 0.25) is 0 Å². The maximum absolute atomic E-state index is 11.2. The Bertz CT molecular complexity index is 283. The van der Waals surface area contributed by atoms with E-state index in [0.717, 1.165) is 5.57 Å². The molecule has 0 aliphatic carbocycles. The number of carbonyl (C=O) groups excluding carboxylic acids is 1. The van der Waals surface area contributed by atoms with Gasteiger partial charge in [0.05, 0.1) is 0 Å². The second kappa shape index (κ2) is 17.8. The number of ether oxygens (including phenoxy) is 1. The molecule has 0 aromatic rings. The minimum Gasteiger partial charge on any atom is -0.457 e. The topological polar surface area (TPSA) is 26.3 Å². The number of hydrogen-bond donors (Lipinski definition) is 0. The molecule has 18 heavy (non-hydrogen) atoms. The molecule has 2 heteroatoms. The minimum atomic E-state index is -0.302. The van der Waals surface area contributed by atoms with Crippen molar-refractivity contribution < 1.29 is 9.53 Å². The Morgan fingerprint density at radius 3 is 2.00 bits per heavy atom. The fourth-order valence-corrected chi connectivity index (χ4v) is 0.707. The summed E-state index contributed by atoms with van der Waals surface area (Å²) in [4.78, 5) is 11.2. The van der Waals surface area contributed by atoms with Crippen molar-refractivity contribution in [3.05, 3.63) is 48.6 Å². The summed E-state index contributed by atoms with van der Waals surface area (Å²) in [6.45, 7) is 18.9. The lowest BCUT2D eigenvalue weighted by atomic mass is 10.2. The van der Waals surface area contributed by atoms with Crippen molar-refractivity contribution in [2.75, 3.05) is 6.61 Å². The second-order valence-corrected chi connectivity index (χ2v) is 2.73. The van der Waals surface area contributed by atoms with Crippen molar-refractivity contribution >= 4 is 5.97 Å². The summed E-state index contributed by atoms with van der Waals surface area (Å²) in [5.41, 5.74) is 1.43. The van der Waals surface area contributed by atoms with Crippen LogP contribution in [0.5, 0.6) is 0 Å². The molecule has 0 saturated heterocycles. The maximum Gasteiger partial charge on any atom is 0.333 e. The van der Waals surface area contributed by atoms with Gasteiger partial charge in [-0.1, -0.05) is 65.2 Å². The van der Waals surface area contributed by atoms with Gasteiger partial charge < -0.3 is 4.74 Å². The summed E-state index contributed by atoms with van der Waals surface area (Å²) in [5.74, 6) is -0.302. The zero-order valence-electron chi connectivity index (χ0n) is 12.7. The first-order valence-corrected chi connectivity index (χ1v) is 6.39. The lowest BCUT2D eigenvalue weighted by molar-refractivity contribution is -0.137. The zero-order chi connectivity index (χ0) is 15.0. The Morgan fingerprint density at radius 1 is 1.17 bits per heavy atom. The Labute approximate surface area is 113 Å². The third-order valence-corrected chi connectivity index (χ3v) is 1.72. The van der Waals surface area contributed by atoms with Gasteiger partial charge in [0.2, 0.25) is 0 Å². The Morgan fingerprint density at radius 2 is 1.67 bits per heavy atom. The lowest BCUT2D eigenvalue weighted by Gasteiger charge is -2.04. The summed E-state index contributed by atoms with van der Waals surface area (Å²) >= 11 is 0. The van der Waals surface area contributed by atoms with E-state index in [1.165, 1.54) is 0 Å². The SMILES string of the molecule is C=C/C=C(\C=C)COC(=O)/C(C)=C/C.CC.CC. The van der Waals surface area contributed by atoms with E-state index < -0.39 is 0 Å². The lowest BCUT2D eigenvalue weighted by Crippen LogP contribution is -2.07. The maximum atomic E-state index is 11.2. The number of allylic oxidation sites excluding steroid dienone is 3. The van der Waals surface area contributed by atoms with E-state index in [0.29, 0.717) is 5.57 Å². The van der Waals surface area contributed by atoms with Crippen LogP contribution in [0.25, 0.3) is 0 Å². The van der Waals surface area contributed by atoms with Crippen LogP contribution in [0.1, 0.15) is 41.5 Å². The summed E-state index contributed by atoms with van der Waals surface area (Å²) in [6.07, 6.45) is 6.74. The predicted octanol–water partition coefficient (Wildman–Crippen LogP) is 4.85. The second-order valence-electron chi connectivity index (χ2n) is 2.73. The van der Waals surface area contributed by atoms with Crippen LogP contribution in [-0.4, -0.2) is 12.6 Å². The number of hydrogen-bond acceptors (Lipinski definition) is 2. The highest BCUT2D eigenvalue weighted by atomic mass is 16.5. The van der Waals surface area contributed by atoms with Gasteiger partial charge in [0, 0.05) is 5.57 Å². The molecule has 0 bridgehead atoms. The summed E-state index contributed by atoms with van der Waals surface area (Å²) in [7, 11) is 0. The molecule has 0 aliphatic heterocycles. The fraction of sp³-hybridized carbons (Fsp3) is 0.438. The molecule has 0 N–H and O–H groups in total. The van der Waals surface area contributed by atoms with Gasteiger partial charge >= 0.3 is 5.97 Å². The first-order chi connectivity index (χ1) is 8.65. The van der Waals surface area contributed by atoms with Gasteiger partial charge in [-0.3, -0.25) is 0 Å². The van der Waals surface area contributed by atoms with Crippen molar-refractivity contribution in [3.8, 4) is 0 Å². The molecule has 0 aromatic carbocycles. The van der Waals surface area contributed by atoms with Crippen LogP contribution in [-0.2, 0) is 9.53 Å².